The Balaban J connectivity index is 1.20. The number of hydrogen-bond acceptors (Lipinski definition) is 3. The van der Waals surface area contributed by atoms with Crippen molar-refractivity contribution in [3.63, 3.8) is 0 Å². The fraction of sp³-hybridized carbons (Fsp3) is 0.257. The quantitative estimate of drug-likeness (QED) is 0.210. The van der Waals surface area contributed by atoms with E-state index in [1.54, 1.807) is 4.90 Å². The summed E-state index contributed by atoms with van der Waals surface area (Å²) in [6.07, 6.45) is 1.02. The fourth-order valence-corrected chi connectivity index (χ4v) is 5.89. The molecule has 42 heavy (non-hydrogen) atoms. The van der Waals surface area contributed by atoms with Gasteiger partial charge in [0, 0.05) is 55.8 Å². The molecule has 1 N–H and O–H groups in total. The summed E-state index contributed by atoms with van der Waals surface area (Å²) in [6, 6.07) is 38.8. The van der Waals surface area contributed by atoms with Crippen molar-refractivity contribution >= 4 is 33.6 Å². The molecule has 0 saturated carbocycles. The molecule has 6 nitrogen and oxygen atoms in total. The zero-order chi connectivity index (χ0) is 29.1. The maximum atomic E-state index is 13.4. The first kappa shape index (κ1) is 29.5. The van der Waals surface area contributed by atoms with E-state index in [1.165, 1.54) is 11.1 Å². The van der Waals surface area contributed by atoms with Crippen molar-refractivity contribution in [1.29, 1.82) is 0 Å². The van der Waals surface area contributed by atoms with Crippen LogP contribution in [0.1, 0.15) is 29.2 Å². The lowest BCUT2D eigenvalue weighted by Crippen LogP contribution is -2.50. The third-order valence-corrected chi connectivity index (χ3v) is 8.23. The van der Waals surface area contributed by atoms with Gasteiger partial charge in [-0.25, -0.2) is 4.79 Å². The van der Waals surface area contributed by atoms with Gasteiger partial charge < -0.3 is 15.1 Å². The molecule has 1 aliphatic heterocycles. The van der Waals surface area contributed by atoms with Gasteiger partial charge in [-0.3, -0.25) is 9.69 Å². The molecule has 0 aliphatic carbocycles. The van der Waals surface area contributed by atoms with Gasteiger partial charge in [0.15, 0.2) is 0 Å². The Hall–Kier alpha value is -3.94. The lowest BCUT2D eigenvalue weighted by molar-refractivity contribution is -0.133. The molecule has 3 amide bonds. The van der Waals surface area contributed by atoms with E-state index in [9.17, 15) is 9.59 Å². The van der Waals surface area contributed by atoms with Crippen molar-refractivity contribution in [3.8, 4) is 0 Å². The second-order valence-corrected chi connectivity index (χ2v) is 11.5. The van der Waals surface area contributed by atoms with Gasteiger partial charge in [0.2, 0.25) is 5.91 Å². The van der Waals surface area contributed by atoms with Crippen molar-refractivity contribution in [1.82, 2.24) is 14.7 Å². The summed E-state index contributed by atoms with van der Waals surface area (Å²) in [5.74, 6) is 0.0885. The first-order valence-electron chi connectivity index (χ1n) is 14.5. The van der Waals surface area contributed by atoms with Crippen molar-refractivity contribution in [2.24, 2.45) is 0 Å². The number of urea groups is 1. The van der Waals surface area contributed by atoms with Crippen LogP contribution in [0.15, 0.2) is 120 Å². The third-order valence-electron chi connectivity index (χ3n) is 7.73. The predicted octanol–water partition coefficient (Wildman–Crippen LogP) is 6.85. The summed E-state index contributed by atoms with van der Waals surface area (Å²) >= 11 is 3.47. The molecule has 0 radical (unpaired) electrons. The van der Waals surface area contributed by atoms with Gasteiger partial charge in [-0.1, -0.05) is 113 Å². The second-order valence-electron chi connectivity index (χ2n) is 10.6. The average Bonchev–Trinajstić information content (AvgIpc) is 3.03. The first-order valence-corrected chi connectivity index (χ1v) is 15.3. The smallest absolute Gasteiger partial charge is 0.321 e. The Morgan fingerprint density at radius 3 is 1.93 bits per heavy atom. The summed E-state index contributed by atoms with van der Waals surface area (Å²) in [4.78, 5) is 32.8. The Kier molecular flexibility index (Phi) is 10.4. The van der Waals surface area contributed by atoms with Crippen molar-refractivity contribution in [2.45, 2.75) is 18.9 Å². The summed E-state index contributed by atoms with van der Waals surface area (Å²) in [6.45, 7) is 3.82. The molecule has 0 aromatic heterocycles. The van der Waals surface area contributed by atoms with Crippen LogP contribution in [0.5, 0.6) is 0 Å². The minimum absolute atomic E-state index is 0.0885. The van der Waals surface area contributed by atoms with E-state index in [1.807, 2.05) is 59.5 Å². The van der Waals surface area contributed by atoms with Crippen LogP contribution in [0.3, 0.4) is 0 Å². The second kappa shape index (κ2) is 14.8. The van der Waals surface area contributed by atoms with E-state index in [0.29, 0.717) is 38.3 Å². The van der Waals surface area contributed by atoms with Crippen molar-refractivity contribution in [3.05, 3.63) is 136 Å². The van der Waals surface area contributed by atoms with Gasteiger partial charge in [-0.05, 0) is 41.3 Å². The van der Waals surface area contributed by atoms with E-state index in [0.717, 1.165) is 29.5 Å². The zero-order valence-corrected chi connectivity index (χ0v) is 25.3. The highest BCUT2D eigenvalue weighted by atomic mass is 79.9. The van der Waals surface area contributed by atoms with E-state index in [-0.39, 0.29) is 18.0 Å². The monoisotopic (exact) mass is 624 g/mol. The Morgan fingerprint density at radius 1 is 0.738 bits per heavy atom. The summed E-state index contributed by atoms with van der Waals surface area (Å²) in [5.41, 5.74) is 4.39. The molecule has 4 aromatic carbocycles. The van der Waals surface area contributed by atoms with Crippen molar-refractivity contribution in [2.75, 3.05) is 44.6 Å². The molecule has 1 fully saturated rings. The third kappa shape index (κ3) is 8.08. The number of benzene rings is 4. The van der Waals surface area contributed by atoms with Crippen LogP contribution in [-0.4, -0.2) is 65.9 Å². The number of piperazine rings is 1. The number of carbonyl (C=O) groups is 2. The predicted molar refractivity (Wildman–Crippen MR) is 172 cm³/mol. The molecular weight excluding hydrogens is 588 g/mol. The average molecular weight is 626 g/mol. The lowest BCUT2D eigenvalue weighted by Gasteiger charge is -2.40. The van der Waals surface area contributed by atoms with Gasteiger partial charge in [-0.15, -0.1) is 0 Å². The molecule has 1 saturated heterocycles. The van der Waals surface area contributed by atoms with E-state index < -0.39 is 0 Å². The van der Waals surface area contributed by atoms with Gasteiger partial charge in [0.05, 0.1) is 6.04 Å². The number of nitrogens with zero attached hydrogens (tertiary/aromatic N) is 3. The van der Waals surface area contributed by atoms with Crippen LogP contribution in [0, 0.1) is 0 Å². The van der Waals surface area contributed by atoms with Crippen molar-refractivity contribution < 1.29 is 9.59 Å². The van der Waals surface area contributed by atoms with E-state index in [2.05, 4.69) is 86.8 Å². The summed E-state index contributed by atoms with van der Waals surface area (Å²) in [5, 5.41) is 3.00. The SMILES string of the molecule is O=C(CCN(CCc1ccccc1)C(=O)Nc1cccc(Br)c1)N1CCN(C(c2ccccc2)c2ccccc2)CC1. The highest BCUT2D eigenvalue weighted by molar-refractivity contribution is 9.10. The van der Waals surface area contributed by atoms with E-state index >= 15 is 0 Å². The molecule has 7 heteroatoms. The summed E-state index contributed by atoms with van der Waals surface area (Å²) < 4.78 is 0.896. The normalized spacial score (nSPS) is 13.6. The number of amides is 3. The van der Waals surface area contributed by atoms with Crippen LogP contribution in [0.2, 0.25) is 0 Å². The number of nitrogens with one attached hydrogen (secondary N) is 1. The van der Waals surface area contributed by atoms with Gasteiger partial charge >= 0.3 is 6.03 Å². The Morgan fingerprint density at radius 2 is 1.33 bits per heavy atom. The molecule has 0 unspecified atom stereocenters. The molecule has 1 aliphatic rings. The van der Waals surface area contributed by atoms with Gasteiger partial charge in [0.25, 0.3) is 0 Å². The number of halogens is 1. The van der Waals surface area contributed by atoms with E-state index in [4.69, 9.17) is 0 Å². The minimum Gasteiger partial charge on any atom is -0.340 e. The molecule has 4 aromatic rings. The number of anilines is 1. The first-order chi connectivity index (χ1) is 20.6. The minimum atomic E-state index is -0.199. The molecule has 216 valence electrons. The van der Waals surface area contributed by atoms with Crippen LogP contribution in [-0.2, 0) is 11.2 Å². The number of hydrogen-bond donors (Lipinski definition) is 1. The standard InChI is InChI=1S/C35H37BrN4O2/c36-31-17-10-18-32(27-31)37-35(42)40(21-19-28-11-4-1-5-12-28)22-20-33(41)38-23-25-39(26-24-38)34(29-13-6-2-7-14-29)30-15-8-3-9-16-30/h1-18,27,34H,19-26H2,(H,37,42). The summed E-state index contributed by atoms with van der Waals surface area (Å²) in [7, 11) is 0. The van der Waals surface area contributed by atoms with Crippen LogP contribution in [0.25, 0.3) is 0 Å². The largest absolute Gasteiger partial charge is 0.340 e. The number of carbonyl (C=O) groups excluding carboxylic acids is 2. The molecule has 0 atom stereocenters. The molecule has 5 rings (SSSR count). The maximum absolute atomic E-state index is 13.4. The van der Waals surface area contributed by atoms with Gasteiger partial charge in [0.1, 0.15) is 0 Å². The number of rotatable bonds is 10. The highest BCUT2D eigenvalue weighted by Crippen LogP contribution is 2.29. The maximum Gasteiger partial charge on any atom is 0.321 e. The van der Waals surface area contributed by atoms with Gasteiger partial charge in [-0.2, -0.15) is 0 Å². The molecule has 0 bridgehead atoms. The van der Waals surface area contributed by atoms with Crippen LogP contribution in [0.4, 0.5) is 10.5 Å². The lowest BCUT2D eigenvalue weighted by atomic mass is 9.96. The molecule has 0 spiro atoms. The Bertz CT molecular complexity index is 1390. The topological polar surface area (TPSA) is 55.9 Å². The van der Waals surface area contributed by atoms with Crippen LogP contribution < -0.4 is 5.32 Å². The van der Waals surface area contributed by atoms with Crippen LogP contribution >= 0.6 is 15.9 Å². The molecule has 1 heterocycles. The Labute approximate surface area is 257 Å². The molecular formula is C35H37BrN4O2. The zero-order valence-electron chi connectivity index (χ0n) is 23.7. The highest BCUT2D eigenvalue weighted by Gasteiger charge is 2.28. The fourth-order valence-electron chi connectivity index (χ4n) is 5.50.